The molecule has 0 unspecified atom stereocenters. The lowest BCUT2D eigenvalue weighted by atomic mass is 10.1. The fourth-order valence-corrected chi connectivity index (χ4v) is 3.97. The van der Waals surface area contributed by atoms with Gasteiger partial charge in [0.05, 0.1) is 39.8 Å². The van der Waals surface area contributed by atoms with Gasteiger partial charge in [-0.2, -0.15) is 0 Å². The summed E-state index contributed by atoms with van der Waals surface area (Å²) in [5.41, 5.74) is 4.08. The van der Waals surface area contributed by atoms with E-state index in [2.05, 4.69) is 15.2 Å². The summed E-state index contributed by atoms with van der Waals surface area (Å²) in [5.74, 6) is 3.29. The van der Waals surface area contributed by atoms with Crippen LogP contribution in [0, 0.1) is 0 Å². The highest BCUT2D eigenvalue weighted by molar-refractivity contribution is 5.62. The largest absolute Gasteiger partial charge is 0.495 e. The van der Waals surface area contributed by atoms with Gasteiger partial charge in [-0.05, 0) is 18.2 Å². The van der Waals surface area contributed by atoms with Crippen molar-refractivity contribution in [3.8, 4) is 23.0 Å². The Bertz CT molecular complexity index is 1090. The number of rotatable bonds is 8. The summed E-state index contributed by atoms with van der Waals surface area (Å²) in [4.78, 5) is 11.6. The van der Waals surface area contributed by atoms with Crippen LogP contribution in [0.1, 0.15) is 16.8 Å². The zero-order chi connectivity index (χ0) is 22.5. The number of ether oxygens (including phenoxy) is 4. The summed E-state index contributed by atoms with van der Waals surface area (Å²) in [7, 11) is 6.54. The first-order chi connectivity index (χ1) is 15.7. The second-order valence-corrected chi connectivity index (χ2v) is 7.44. The zero-order valence-corrected chi connectivity index (χ0v) is 18.8. The summed E-state index contributed by atoms with van der Waals surface area (Å²) in [6, 6.07) is 11.7. The highest BCUT2D eigenvalue weighted by Gasteiger charge is 2.22. The maximum absolute atomic E-state index is 5.64. The average Bonchev–Trinajstić information content (AvgIpc) is 2.84. The van der Waals surface area contributed by atoms with Crippen molar-refractivity contribution in [1.82, 2.24) is 14.9 Å². The molecule has 2 aromatic carbocycles. The lowest BCUT2D eigenvalue weighted by Crippen LogP contribution is -2.31. The molecule has 2 heterocycles. The van der Waals surface area contributed by atoms with Crippen molar-refractivity contribution in [3.63, 3.8) is 0 Å². The highest BCUT2D eigenvalue weighted by Crippen LogP contribution is 2.40. The molecular weight excluding hydrogens is 408 g/mol. The molecule has 1 aromatic heterocycles. The van der Waals surface area contributed by atoms with Gasteiger partial charge < -0.3 is 24.3 Å². The van der Waals surface area contributed by atoms with Crippen LogP contribution >= 0.6 is 0 Å². The van der Waals surface area contributed by atoms with Gasteiger partial charge in [0.25, 0.3) is 0 Å². The molecule has 0 atom stereocenters. The van der Waals surface area contributed by atoms with Crippen LogP contribution in [-0.4, -0.2) is 49.9 Å². The molecule has 3 aromatic rings. The smallest absolute Gasteiger partial charge is 0.227 e. The Morgan fingerprint density at radius 1 is 0.906 bits per heavy atom. The first kappa shape index (κ1) is 21.7. The first-order valence-electron chi connectivity index (χ1n) is 10.4. The number of methoxy groups -OCH3 is 4. The molecule has 1 aliphatic rings. The molecule has 0 fully saturated rings. The Hall–Kier alpha value is -3.52. The van der Waals surface area contributed by atoms with Gasteiger partial charge in [0.2, 0.25) is 11.7 Å². The fraction of sp³-hybridized carbons (Fsp3) is 0.333. The summed E-state index contributed by atoms with van der Waals surface area (Å²) in [5, 5.41) is 3.26. The number of nitrogens with one attached hydrogen (secondary N) is 1. The van der Waals surface area contributed by atoms with Gasteiger partial charge in [0.1, 0.15) is 5.75 Å². The quantitative estimate of drug-likeness (QED) is 0.571. The number of fused-ring (bicyclic) bond motifs is 1. The maximum atomic E-state index is 5.64. The maximum Gasteiger partial charge on any atom is 0.227 e. The Morgan fingerprint density at radius 3 is 2.44 bits per heavy atom. The predicted octanol–water partition coefficient (Wildman–Crippen LogP) is 3.81. The van der Waals surface area contributed by atoms with Crippen LogP contribution in [0.2, 0.25) is 0 Å². The van der Waals surface area contributed by atoms with Crippen molar-refractivity contribution in [2.45, 2.75) is 19.5 Å². The molecular formula is C24H28N4O4. The monoisotopic (exact) mass is 436 g/mol. The normalized spacial score (nSPS) is 13.2. The Labute approximate surface area is 188 Å². The van der Waals surface area contributed by atoms with Gasteiger partial charge in [0.15, 0.2) is 11.5 Å². The van der Waals surface area contributed by atoms with Crippen LogP contribution in [-0.2, 0) is 19.5 Å². The summed E-state index contributed by atoms with van der Waals surface area (Å²) >= 11 is 0. The minimum atomic E-state index is 0.572. The molecule has 32 heavy (non-hydrogen) atoms. The van der Waals surface area contributed by atoms with Crippen molar-refractivity contribution in [2.24, 2.45) is 0 Å². The van der Waals surface area contributed by atoms with E-state index in [0.717, 1.165) is 54.3 Å². The van der Waals surface area contributed by atoms with E-state index in [1.54, 1.807) is 28.4 Å². The molecule has 1 N–H and O–H groups in total. The van der Waals surface area contributed by atoms with Gasteiger partial charge in [-0.25, -0.2) is 9.97 Å². The van der Waals surface area contributed by atoms with Crippen LogP contribution < -0.4 is 24.3 Å². The van der Waals surface area contributed by atoms with Crippen molar-refractivity contribution in [2.75, 3.05) is 40.3 Å². The van der Waals surface area contributed by atoms with Crippen LogP contribution in [0.25, 0.3) is 0 Å². The van der Waals surface area contributed by atoms with Crippen LogP contribution in [0.5, 0.6) is 23.0 Å². The number of benzene rings is 2. The number of hydrogen-bond donors (Lipinski definition) is 1. The van der Waals surface area contributed by atoms with E-state index in [4.69, 9.17) is 23.9 Å². The van der Waals surface area contributed by atoms with Crippen LogP contribution in [0.4, 0.5) is 11.6 Å². The minimum absolute atomic E-state index is 0.572. The summed E-state index contributed by atoms with van der Waals surface area (Å²) in [6.45, 7) is 2.38. The highest BCUT2D eigenvalue weighted by atomic mass is 16.5. The predicted molar refractivity (Wildman–Crippen MR) is 122 cm³/mol. The van der Waals surface area contributed by atoms with Gasteiger partial charge in [0, 0.05) is 43.4 Å². The molecule has 8 nitrogen and oxygen atoms in total. The van der Waals surface area contributed by atoms with E-state index in [-0.39, 0.29) is 0 Å². The average molecular weight is 437 g/mol. The minimum Gasteiger partial charge on any atom is -0.495 e. The third-order valence-electron chi connectivity index (χ3n) is 5.55. The standard InChI is InChI=1S/C24H28N4O4/c1-29-20-8-6-5-7-19(20)27-24-25-13-17-15-28(12-11-18(17)26-24)14-16-9-10-21(30-2)23(32-4)22(16)31-3/h5-10,13H,11-12,14-15H2,1-4H3,(H,25,26,27). The van der Waals surface area contributed by atoms with Crippen LogP contribution in [0.3, 0.4) is 0 Å². The molecule has 0 spiro atoms. The van der Waals surface area contributed by atoms with Gasteiger partial charge >= 0.3 is 0 Å². The third kappa shape index (κ3) is 4.40. The summed E-state index contributed by atoms with van der Waals surface area (Å²) < 4.78 is 21.9. The zero-order valence-electron chi connectivity index (χ0n) is 18.8. The molecule has 0 amide bonds. The second-order valence-electron chi connectivity index (χ2n) is 7.44. The molecule has 1 aliphatic heterocycles. The van der Waals surface area contributed by atoms with Crippen LogP contribution in [0.15, 0.2) is 42.6 Å². The van der Waals surface area contributed by atoms with Gasteiger partial charge in [-0.1, -0.05) is 18.2 Å². The molecule has 4 rings (SSSR count). The third-order valence-corrected chi connectivity index (χ3v) is 5.55. The SMILES string of the molecule is COc1ccccc1Nc1ncc2c(n1)CCN(Cc1ccc(OC)c(OC)c1OC)C2. The van der Waals surface area contributed by atoms with E-state index in [1.165, 1.54) is 0 Å². The first-order valence-corrected chi connectivity index (χ1v) is 10.4. The molecule has 168 valence electrons. The molecule has 0 saturated carbocycles. The Kier molecular flexibility index (Phi) is 6.61. The van der Waals surface area contributed by atoms with E-state index < -0.39 is 0 Å². The Balaban J connectivity index is 1.49. The van der Waals surface area contributed by atoms with Gasteiger partial charge in [-0.15, -0.1) is 0 Å². The van der Waals surface area contributed by atoms with Crippen molar-refractivity contribution >= 4 is 11.6 Å². The number of nitrogens with zero attached hydrogens (tertiary/aromatic N) is 3. The van der Waals surface area contributed by atoms with Crippen molar-refractivity contribution in [1.29, 1.82) is 0 Å². The number of anilines is 2. The number of aromatic nitrogens is 2. The molecule has 0 saturated heterocycles. The molecule has 0 bridgehead atoms. The Morgan fingerprint density at radius 2 is 1.69 bits per heavy atom. The van der Waals surface area contributed by atoms with E-state index in [9.17, 15) is 0 Å². The second kappa shape index (κ2) is 9.74. The van der Waals surface area contributed by atoms with Gasteiger partial charge in [-0.3, -0.25) is 4.90 Å². The molecule has 8 heteroatoms. The number of hydrogen-bond acceptors (Lipinski definition) is 8. The van der Waals surface area contributed by atoms with Crippen molar-refractivity contribution < 1.29 is 18.9 Å². The fourth-order valence-electron chi connectivity index (χ4n) is 3.97. The van der Waals surface area contributed by atoms with E-state index in [0.29, 0.717) is 23.2 Å². The lowest BCUT2D eigenvalue weighted by molar-refractivity contribution is 0.237. The molecule has 0 radical (unpaired) electrons. The lowest BCUT2D eigenvalue weighted by Gasteiger charge is -2.29. The van der Waals surface area contributed by atoms with E-state index in [1.807, 2.05) is 42.6 Å². The molecule has 0 aliphatic carbocycles. The number of para-hydroxylation sites is 2. The summed E-state index contributed by atoms with van der Waals surface area (Å²) in [6.07, 6.45) is 2.74. The topological polar surface area (TPSA) is 78.0 Å². The van der Waals surface area contributed by atoms with Crippen molar-refractivity contribution in [3.05, 3.63) is 59.4 Å². The van der Waals surface area contributed by atoms with E-state index >= 15 is 0 Å².